The van der Waals surface area contributed by atoms with E-state index in [1.54, 1.807) is 0 Å². The molecule has 0 aromatic carbocycles. The van der Waals surface area contributed by atoms with Gasteiger partial charge in [-0.1, -0.05) is 0 Å². The van der Waals surface area contributed by atoms with E-state index < -0.39 is 18.3 Å². The fourth-order valence-corrected chi connectivity index (χ4v) is 0.413. The molecule has 5 heteroatoms. The molecule has 0 aliphatic carbocycles. The molecule has 1 atom stereocenters. The second-order valence-corrected chi connectivity index (χ2v) is 2.23. The lowest BCUT2D eigenvalue weighted by atomic mass is 10.0. The molecule has 0 amide bonds. The Labute approximate surface area is 56.2 Å². The smallest absolute Gasteiger partial charge is 0.330 e. The molecule has 0 rings (SSSR count). The molecule has 0 saturated carbocycles. The van der Waals surface area contributed by atoms with Crippen molar-refractivity contribution >= 4 is 0 Å². The molecule has 0 spiro atoms. The predicted molar refractivity (Wildman–Crippen MR) is 29.2 cm³/mol. The van der Waals surface area contributed by atoms with E-state index in [9.17, 15) is 17.6 Å². The van der Waals surface area contributed by atoms with Crippen LogP contribution in [0.3, 0.4) is 0 Å². The van der Waals surface area contributed by atoms with E-state index in [2.05, 4.69) is 0 Å². The van der Waals surface area contributed by atoms with E-state index >= 15 is 0 Å². The van der Waals surface area contributed by atoms with E-state index in [1.165, 1.54) is 0 Å². The lowest BCUT2D eigenvalue weighted by molar-refractivity contribution is -0.224. The van der Waals surface area contributed by atoms with Crippen LogP contribution in [0.25, 0.3) is 0 Å². The highest BCUT2D eigenvalue weighted by Gasteiger charge is 2.51. The maximum Gasteiger partial charge on any atom is 0.422 e. The number of nitrogens with two attached hydrogens (primary N) is 1. The number of hydrogen-bond donors (Lipinski definition) is 1. The molecule has 1 unspecified atom stereocenters. The van der Waals surface area contributed by atoms with Crippen molar-refractivity contribution in [1.82, 2.24) is 0 Å². The summed E-state index contributed by atoms with van der Waals surface area (Å²) in [7, 11) is 0. The van der Waals surface area contributed by atoms with Crippen molar-refractivity contribution in [1.29, 1.82) is 0 Å². The molecule has 0 aromatic heterocycles. The average molecular weight is 159 g/mol. The van der Waals surface area contributed by atoms with Crippen LogP contribution in [-0.4, -0.2) is 18.4 Å². The Morgan fingerprint density at radius 3 is 1.70 bits per heavy atom. The summed E-state index contributed by atoms with van der Waals surface area (Å²) in [5.74, 6) is 0. The highest BCUT2D eigenvalue weighted by atomic mass is 19.4. The molecule has 0 heterocycles. The van der Waals surface area contributed by atoms with Gasteiger partial charge in [0, 0.05) is 6.42 Å². The maximum absolute atomic E-state index is 12.4. The first-order valence-electron chi connectivity index (χ1n) is 2.77. The first kappa shape index (κ1) is 9.68. The lowest BCUT2D eigenvalue weighted by Crippen LogP contribution is -2.39. The zero-order valence-corrected chi connectivity index (χ0v) is 5.50. The van der Waals surface area contributed by atoms with E-state index in [0.717, 1.165) is 0 Å². The van der Waals surface area contributed by atoms with Crippen molar-refractivity contribution in [3.8, 4) is 0 Å². The molecule has 1 nitrogen and oxygen atoms in total. The number of alkyl halides is 4. The highest BCUT2D eigenvalue weighted by Crippen LogP contribution is 2.35. The molecule has 0 aromatic rings. The maximum atomic E-state index is 12.4. The van der Waals surface area contributed by atoms with Gasteiger partial charge in [0.1, 0.15) is 0 Å². The third-order valence-corrected chi connectivity index (χ3v) is 1.20. The van der Waals surface area contributed by atoms with Crippen molar-refractivity contribution < 1.29 is 17.6 Å². The van der Waals surface area contributed by atoms with Crippen LogP contribution in [0.5, 0.6) is 0 Å². The fraction of sp³-hybridized carbons (Fsp3) is 1.00. The molecule has 0 aliphatic rings. The zero-order valence-electron chi connectivity index (χ0n) is 5.50. The first-order chi connectivity index (χ1) is 4.31. The van der Waals surface area contributed by atoms with Crippen LogP contribution in [0.1, 0.15) is 13.3 Å². The van der Waals surface area contributed by atoms with Crippen LogP contribution < -0.4 is 5.73 Å². The van der Waals surface area contributed by atoms with Gasteiger partial charge in [0.25, 0.3) is 0 Å². The summed E-state index contributed by atoms with van der Waals surface area (Å²) in [4.78, 5) is 0. The van der Waals surface area contributed by atoms with Crippen LogP contribution in [0.15, 0.2) is 0 Å². The third-order valence-electron chi connectivity index (χ3n) is 1.20. The molecule has 0 bridgehead atoms. The van der Waals surface area contributed by atoms with E-state index in [4.69, 9.17) is 5.73 Å². The Morgan fingerprint density at radius 2 is 1.60 bits per heavy atom. The van der Waals surface area contributed by atoms with Gasteiger partial charge < -0.3 is 5.73 Å². The van der Waals surface area contributed by atoms with Gasteiger partial charge in [0.15, 0.2) is 0 Å². The summed E-state index contributed by atoms with van der Waals surface area (Å²) >= 11 is 0. The summed E-state index contributed by atoms with van der Waals surface area (Å²) in [6, 6.07) is 0. The van der Waals surface area contributed by atoms with Crippen molar-refractivity contribution in [2.45, 2.75) is 25.2 Å². The van der Waals surface area contributed by atoms with Gasteiger partial charge in [0.2, 0.25) is 5.67 Å². The number of rotatable bonds is 2. The van der Waals surface area contributed by atoms with Crippen LogP contribution in [0, 0.1) is 0 Å². The number of hydrogen-bond acceptors (Lipinski definition) is 1. The van der Waals surface area contributed by atoms with E-state index in [0.29, 0.717) is 6.92 Å². The van der Waals surface area contributed by atoms with Gasteiger partial charge in [-0.15, -0.1) is 0 Å². The summed E-state index contributed by atoms with van der Waals surface area (Å²) in [5.41, 5.74) is 1.63. The minimum absolute atomic E-state index is 0.299. The van der Waals surface area contributed by atoms with Crippen LogP contribution in [0.4, 0.5) is 17.6 Å². The zero-order chi connectivity index (χ0) is 8.41. The summed E-state index contributed by atoms with van der Waals surface area (Å²) in [6.45, 7) is 0.187. The van der Waals surface area contributed by atoms with Crippen molar-refractivity contribution in [2.24, 2.45) is 5.73 Å². The predicted octanol–water partition coefficient (Wildman–Crippen LogP) is 1.63. The van der Waals surface area contributed by atoms with Crippen LogP contribution >= 0.6 is 0 Å². The van der Waals surface area contributed by atoms with Crippen LogP contribution in [0.2, 0.25) is 0 Å². The van der Waals surface area contributed by atoms with Gasteiger partial charge >= 0.3 is 6.18 Å². The Kier molecular flexibility index (Phi) is 2.65. The summed E-state index contributed by atoms with van der Waals surface area (Å²) in [5, 5.41) is 0. The lowest BCUT2D eigenvalue weighted by Gasteiger charge is -2.22. The molecular weight excluding hydrogens is 150 g/mol. The largest absolute Gasteiger partial charge is 0.422 e. The van der Waals surface area contributed by atoms with Crippen LogP contribution in [-0.2, 0) is 0 Å². The standard InChI is InChI=1S/C5H9F4N/c1-4(6,2-3-10)5(7,8)9/h2-3,10H2,1H3. The van der Waals surface area contributed by atoms with Crippen molar-refractivity contribution in [2.75, 3.05) is 6.54 Å². The molecule has 2 N–H and O–H groups in total. The molecule has 0 aliphatic heterocycles. The molecule has 0 radical (unpaired) electrons. The Bertz CT molecular complexity index is 107. The van der Waals surface area contributed by atoms with Gasteiger partial charge in [-0.2, -0.15) is 13.2 Å². The Hall–Kier alpha value is -0.320. The summed E-state index contributed by atoms with van der Waals surface area (Å²) < 4.78 is 47.2. The number of halogens is 4. The van der Waals surface area contributed by atoms with Gasteiger partial charge in [0.05, 0.1) is 0 Å². The monoisotopic (exact) mass is 159 g/mol. The Balaban J connectivity index is 4.10. The second-order valence-electron chi connectivity index (χ2n) is 2.23. The minimum Gasteiger partial charge on any atom is -0.330 e. The molecule has 62 valence electrons. The van der Waals surface area contributed by atoms with Gasteiger partial charge in [-0.25, -0.2) is 4.39 Å². The van der Waals surface area contributed by atoms with Crippen molar-refractivity contribution in [3.05, 3.63) is 0 Å². The molecule has 0 saturated heterocycles. The quantitative estimate of drug-likeness (QED) is 0.609. The fourth-order valence-electron chi connectivity index (χ4n) is 0.413. The first-order valence-corrected chi connectivity index (χ1v) is 2.77. The highest BCUT2D eigenvalue weighted by molar-refractivity contribution is 4.81. The SMILES string of the molecule is CC(F)(CCN)C(F)(F)F. The normalized spacial score (nSPS) is 18.6. The minimum atomic E-state index is -4.80. The van der Waals surface area contributed by atoms with Gasteiger partial charge in [-0.3, -0.25) is 0 Å². The van der Waals surface area contributed by atoms with Crippen molar-refractivity contribution in [3.63, 3.8) is 0 Å². The summed E-state index contributed by atoms with van der Waals surface area (Å²) in [6.07, 6.45) is -5.48. The Morgan fingerprint density at radius 1 is 1.20 bits per heavy atom. The third kappa shape index (κ3) is 2.13. The molecular formula is C5H9F4N. The molecule has 10 heavy (non-hydrogen) atoms. The van der Waals surface area contributed by atoms with Gasteiger partial charge in [-0.05, 0) is 13.5 Å². The van der Waals surface area contributed by atoms with E-state index in [-0.39, 0.29) is 6.54 Å². The topological polar surface area (TPSA) is 26.0 Å². The average Bonchev–Trinajstić information content (AvgIpc) is 1.61. The second kappa shape index (κ2) is 2.74. The molecule has 0 fully saturated rings. The van der Waals surface area contributed by atoms with E-state index in [1.807, 2.05) is 0 Å².